The van der Waals surface area contributed by atoms with Gasteiger partial charge in [0.15, 0.2) is 0 Å². The first-order valence-corrected chi connectivity index (χ1v) is 8.63. The molecule has 0 aliphatic rings. The van der Waals surface area contributed by atoms with Gasteiger partial charge in [-0.05, 0) is 12.5 Å². The summed E-state index contributed by atoms with van der Waals surface area (Å²) in [6.45, 7) is 2.65. The van der Waals surface area contributed by atoms with E-state index in [1.54, 1.807) is 6.21 Å². The third-order valence-corrected chi connectivity index (χ3v) is 4.81. The Balaban J connectivity index is 1.99. The van der Waals surface area contributed by atoms with E-state index >= 15 is 0 Å². The molecule has 0 saturated carbocycles. The third kappa shape index (κ3) is 5.27. The highest BCUT2D eigenvalue weighted by Crippen LogP contribution is 2.18. The van der Waals surface area contributed by atoms with Crippen LogP contribution in [0.25, 0.3) is 0 Å². The molecule has 0 amide bonds. The molecule has 0 bridgehead atoms. The summed E-state index contributed by atoms with van der Waals surface area (Å²) in [4.78, 5) is 10.3. The second kappa shape index (κ2) is 8.56. The Morgan fingerprint density at radius 2 is 2.09 bits per heavy atom. The van der Waals surface area contributed by atoms with Crippen molar-refractivity contribution >= 4 is 17.6 Å². The summed E-state index contributed by atoms with van der Waals surface area (Å²) in [6.07, 6.45) is 2.73. The van der Waals surface area contributed by atoms with E-state index in [2.05, 4.69) is 54.4 Å². The first-order valence-electron chi connectivity index (χ1n) is 7.75. The molecule has 1 aromatic carbocycles. The molecule has 4 nitrogen and oxygen atoms in total. The fraction of sp³-hybridized carbons (Fsp3) is 0.389. The number of rotatable bonds is 7. The van der Waals surface area contributed by atoms with Crippen molar-refractivity contribution in [2.75, 3.05) is 20.6 Å². The average Bonchev–Trinajstić information content (AvgIpc) is 2.97. The van der Waals surface area contributed by atoms with Crippen LogP contribution in [0.2, 0.25) is 0 Å². The van der Waals surface area contributed by atoms with Gasteiger partial charge < -0.3 is 4.90 Å². The molecule has 2 atom stereocenters. The number of nitriles is 1. The number of nitrogens with one attached hydrogen (secondary N) is 1. The zero-order valence-corrected chi connectivity index (χ0v) is 14.7. The Morgan fingerprint density at radius 1 is 1.35 bits per heavy atom. The minimum Gasteiger partial charge on any atom is -0.336 e. The number of thiazole rings is 1. The SMILES string of the molecule is Cc1csc([C@H](C#N)C=NC[C@H](Cc2ccccc2)[NH+](C)C)n1. The zero-order valence-electron chi connectivity index (χ0n) is 13.9. The molecule has 1 N–H and O–H groups in total. The standard InChI is InChI=1S/C18H22N4S/c1-14-13-23-18(21-14)16(10-19)11-20-12-17(22(2)3)9-15-7-5-4-6-8-15/h4-8,11,13,16-17H,9,12H2,1-3H3/p+1/t16-,17+/m1/s1. The summed E-state index contributed by atoms with van der Waals surface area (Å²) < 4.78 is 0. The minimum atomic E-state index is -0.344. The van der Waals surface area contributed by atoms with E-state index in [0.29, 0.717) is 12.6 Å². The number of hydrogen-bond donors (Lipinski definition) is 1. The van der Waals surface area contributed by atoms with Crippen molar-refractivity contribution in [1.29, 1.82) is 5.26 Å². The maximum atomic E-state index is 9.32. The van der Waals surface area contributed by atoms with Gasteiger partial charge in [-0.1, -0.05) is 30.3 Å². The largest absolute Gasteiger partial charge is 0.336 e. The highest BCUT2D eigenvalue weighted by molar-refractivity contribution is 7.09. The van der Waals surface area contributed by atoms with Gasteiger partial charge in [0, 0.05) is 23.7 Å². The van der Waals surface area contributed by atoms with Gasteiger partial charge in [-0.15, -0.1) is 11.3 Å². The molecule has 5 heteroatoms. The van der Waals surface area contributed by atoms with Crippen LogP contribution in [0.5, 0.6) is 0 Å². The predicted molar refractivity (Wildman–Crippen MR) is 95.3 cm³/mol. The molecule has 2 aromatic rings. The number of aromatic nitrogens is 1. The number of hydrogen-bond acceptors (Lipinski definition) is 4. The van der Waals surface area contributed by atoms with E-state index in [1.807, 2.05) is 18.4 Å². The molecule has 0 radical (unpaired) electrons. The van der Waals surface area contributed by atoms with Crippen LogP contribution < -0.4 is 4.90 Å². The molecule has 0 fully saturated rings. The Labute approximate surface area is 142 Å². The number of quaternary nitrogens is 1. The third-order valence-electron chi connectivity index (χ3n) is 3.76. The van der Waals surface area contributed by atoms with E-state index < -0.39 is 0 Å². The van der Waals surface area contributed by atoms with Crippen LogP contribution >= 0.6 is 11.3 Å². The molecule has 0 aliphatic carbocycles. The number of likely N-dealkylation sites (N-methyl/N-ethyl adjacent to an activating group) is 1. The van der Waals surface area contributed by atoms with Crippen molar-refractivity contribution in [3.05, 3.63) is 52.0 Å². The molecule has 1 heterocycles. The molecular formula is C18H23N4S+. The van der Waals surface area contributed by atoms with Crippen LogP contribution in [0.15, 0.2) is 40.7 Å². The van der Waals surface area contributed by atoms with Gasteiger partial charge in [0.2, 0.25) is 0 Å². The summed E-state index contributed by atoms with van der Waals surface area (Å²) in [5.74, 6) is -0.344. The lowest BCUT2D eigenvalue weighted by molar-refractivity contribution is -0.883. The summed E-state index contributed by atoms with van der Waals surface area (Å²) >= 11 is 1.52. The molecule has 0 saturated heterocycles. The summed E-state index contributed by atoms with van der Waals surface area (Å²) in [5.41, 5.74) is 2.28. The normalized spacial score (nSPS) is 14.0. The zero-order chi connectivity index (χ0) is 16.7. The Kier molecular flexibility index (Phi) is 6.45. The predicted octanol–water partition coefficient (Wildman–Crippen LogP) is 1.89. The smallest absolute Gasteiger partial charge is 0.133 e. The number of nitrogens with zero attached hydrogens (tertiary/aromatic N) is 3. The fourth-order valence-corrected chi connectivity index (χ4v) is 3.11. The van der Waals surface area contributed by atoms with Crippen molar-refractivity contribution in [2.45, 2.75) is 25.3 Å². The first-order chi connectivity index (χ1) is 11.1. The molecule has 120 valence electrons. The van der Waals surface area contributed by atoms with Crippen LogP contribution in [-0.4, -0.2) is 37.9 Å². The van der Waals surface area contributed by atoms with Crippen LogP contribution in [0, 0.1) is 18.3 Å². The molecule has 2 rings (SSSR count). The number of benzene rings is 1. The highest BCUT2D eigenvalue weighted by atomic mass is 32.1. The van der Waals surface area contributed by atoms with E-state index in [0.717, 1.165) is 17.1 Å². The molecule has 0 unspecified atom stereocenters. The second-order valence-corrected chi connectivity index (χ2v) is 6.80. The van der Waals surface area contributed by atoms with Crippen LogP contribution in [-0.2, 0) is 6.42 Å². The first kappa shape index (κ1) is 17.3. The van der Waals surface area contributed by atoms with Gasteiger partial charge in [-0.3, -0.25) is 4.99 Å². The maximum Gasteiger partial charge on any atom is 0.133 e. The molecule has 0 aliphatic heterocycles. The molecule has 23 heavy (non-hydrogen) atoms. The Bertz CT molecular complexity index is 670. The van der Waals surface area contributed by atoms with Gasteiger partial charge in [0.1, 0.15) is 17.0 Å². The monoisotopic (exact) mass is 327 g/mol. The maximum absolute atomic E-state index is 9.32. The Morgan fingerprint density at radius 3 is 2.65 bits per heavy atom. The van der Waals surface area contributed by atoms with Gasteiger partial charge in [-0.25, -0.2) is 4.98 Å². The average molecular weight is 327 g/mol. The van der Waals surface area contributed by atoms with Crippen LogP contribution in [0.3, 0.4) is 0 Å². The van der Waals surface area contributed by atoms with Crippen molar-refractivity contribution in [3.8, 4) is 6.07 Å². The van der Waals surface area contributed by atoms with Gasteiger partial charge >= 0.3 is 0 Å². The molecule has 0 spiro atoms. The summed E-state index contributed by atoms with van der Waals surface area (Å²) in [6, 6.07) is 13.1. The quantitative estimate of drug-likeness (QED) is 0.790. The van der Waals surface area contributed by atoms with Crippen molar-refractivity contribution in [3.63, 3.8) is 0 Å². The van der Waals surface area contributed by atoms with E-state index in [9.17, 15) is 5.26 Å². The number of aliphatic imine (C=N–C) groups is 1. The number of aryl methyl sites for hydroxylation is 1. The van der Waals surface area contributed by atoms with E-state index in [4.69, 9.17) is 0 Å². The van der Waals surface area contributed by atoms with Crippen molar-refractivity contribution in [1.82, 2.24) is 4.98 Å². The highest BCUT2D eigenvalue weighted by Gasteiger charge is 2.16. The molecular weight excluding hydrogens is 304 g/mol. The molecule has 1 aromatic heterocycles. The second-order valence-electron chi connectivity index (χ2n) is 5.91. The Hall–Kier alpha value is -2.03. The summed E-state index contributed by atoms with van der Waals surface area (Å²) in [5, 5.41) is 12.1. The van der Waals surface area contributed by atoms with Gasteiger partial charge in [-0.2, -0.15) is 5.26 Å². The lowest BCUT2D eigenvalue weighted by atomic mass is 10.1. The topological polar surface area (TPSA) is 53.5 Å². The summed E-state index contributed by atoms with van der Waals surface area (Å²) in [7, 11) is 4.30. The van der Waals surface area contributed by atoms with Crippen LogP contribution in [0.4, 0.5) is 0 Å². The van der Waals surface area contributed by atoms with Crippen molar-refractivity contribution in [2.24, 2.45) is 4.99 Å². The minimum absolute atomic E-state index is 0.344. The van der Waals surface area contributed by atoms with Gasteiger partial charge in [0.05, 0.1) is 26.7 Å². The van der Waals surface area contributed by atoms with Crippen LogP contribution in [0.1, 0.15) is 22.2 Å². The van der Waals surface area contributed by atoms with Crippen molar-refractivity contribution < 1.29 is 4.90 Å². The lowest BCUT2D eigenvalue weighted by Gasteiger charge is -2.19. The fourth-order valence-electron chi connectivity index (χ4n) is 2.31. The van der Waals surface area contributed by atoms with Gasteiger partial charge in [0.25, 0.3) is 0 Å². The van der Waals surface area contributed by atoms with E-state index in [1.165, 1.54) is 21.8 Å². The lowest BCUT2D eigenvalue weighted by Crippen LogP contribution is -3.11. The van der Waals surface area contributed by atoms with E-state index in [-0.39, 0.29) is 5.92 Å².